The summed E-state index contributed by atoms with van der Waals surface area (Å²) in [7, 11) is 1.63. The number of carbonyl (C=O) groups excluding carboxylic acids is 1. The van der Waals surface area contributed by atoms with Crippen LogP contribution in [0.2, 0.25) is 0 Å². The molecule has 1 aromatic heterocycles. The van der Waals surface area contributed by atoms with Crippen LogP contribution in [-0.4, -0.2) is 18.0 Å². The predicted octanol–water partition coefficient (Wildman–Crippen LogP) is 6.27. The van der Waals surface area contributed by atoms with Gasteiger partial charge in [-0.1, -0.05) is 32.0 Å². The average Bonchev–Trinajstić information content (AvgIpc) is 2.73. The second-order valence-electron chi connectivity index (χ2n) is 7.55. The highest BCUT2D eigenvalue weighted by Gasteiger charge is 2.14. The maximum absolute atomic E-state index is 12.7. The van der Waals surface area contributed by atoms with Crippen LogP contribution in [0, 0.1) is 6.92 Å². The molecule has 0 saturated heterocycles. The van der Waals surface area contributed by atoms with Crippen LogP contribution in [0.4, 0.5) is 5.69 Å². The van der Waals surface area contributed by atoms with Crippen LogP contribution in [0.1, 0.15) is 60.1 Å². The van der Waals surface area contributed by atoms with E-state index >= 15 is 0 Å². The van der Waals surface area contributed by atoms with Crippen molar-refractivity contribution in [3.8, 4) is 11.5 Å². The van der Waals surface area contributed by atoms with Crippen molar-refractivity contribution in [1.29, 1.82) is 0 Å². The number of carbonyl (C=O) groups is 1. The molecule has 1 amide bonds. The third kappa shape index (κ3) is 5.24. The molecule has 0 aliphatic rings. The fourth-order valence-electron chi connectivity index (χ4n) is 3.06. The Morgan fingerprint density at radius 1 is 0.967 bits per heavy atom. The van der Waals surface area contributed by atoms with Crippen molar-refractivity contribution >= 4 is 11.6 Å². The van der Waals surface area contributed by atoms with Crippen molar-refractivity contribution in [2.45, 2.75) is 39.7 Å². The fraction of sp³-hybridized carbons (Fsp3) is 0.280. The van der Waals surface area contributed by atoms with Gasteiger partial charge in [0.1, 0.15) is 11.5 Å². The van der Waals surface area contributed by atoms with Crippen LogP contribution in [0.3, 0.4) is 0 Å². The maximum Gasteiger partial charge on any atom is 0.257 e. The Morgan fingerprint density at radius 2 is 1.70 bits per heavy atom. The minimum absolute atomic E-state index is 0.121. The molecule has 0 saturated carbocycles. The number of nitrogens with zero attached hydrogens (tertiary/aromatic N) is 1. The van der Waals surface area contributed by atoms with Gasteiger partial charge in [-0.05, 0) is 61.7 Å². The number of ether oxygens (including phenoxy) is 2. The molecule has 30 heavy (non-hydrogen) atoms. The second kappa shape index (κ2) is 9.55. The van der Waals surface area contributed by atoms with Crippen LogP contribution in [0.15, 0.2) is 60.7 Å². The molecule has 0 spiro atoms. The smallest absolute Gasteiger partial charge is 0.257 e. The Bertz CT molecular complexity index is 1010. The molecule has 3 aromatic rings. The first-order chi connectivity index (χ1) is 14.4. The number of amides is 1. The molecule has 1 unspecified atom stereocenters. The van der Waals surface area contributed by atoms with E-state index in [1.165, 1.54) is 5.56 Å². The molecule has 0 aliphatic heterocycles. The zero-order valence-electron chi connectivity index (χ0n) is 18.1. The monoisotopic (exact) mass is 404 g/mol. The largest absolute Gasteiger partial charge is 0.457 e. The van der Waals surface area contributed by atoms with E-state index in [1.807, 2.05) is 50.2 Å². The van der Waals surface area contributed by atoms with Crippen LogP contribution in [0.5, 0.6) is 11.5 Å². The number of nitrogens with one attached hydrogen (secondary N) is 1. The number of anilines is 1. The lowest BCUT2D eigenvalue weighted by Crippen LogP contribution is -2.15. The number of pyridine rings is 1. The van der Waals surface area contributed by atoms with Gasteiger partial charge >= 0.3 is 0 Å². The fourth-order valence-corrected chi connectivity index (χ4v) is 3.06. The van der Waals surface area contributed by atoms with Crippen LogP contribution in [0.25, 0.3) is 0 Å². The summed E-state index contributed by atoms with van der Waals surface area (Å²) in [6, 6.07) is 19.0. The standard InChI is InChI=1S/C25H28N2O3/c1-16(2)19-9-11-21(12-10-19)30-22-8-6-7-20(15-22)27-25(28)23-13-14-24(18(4)29-5)26-17(23)3/h6-16,18H,1-5H3,(H,27,28). The molecule has 1 heterocycles. The van der Waals surface area contributed by atoms with Gasteiger partial charge in [-0.3, -0.25) is 9.78 Å². The lowest BCUT2D eigenvalue weighted by Gasteiger charge is -2.13. The van der Waals surface area contributed by atoms with Crippen molar-refractivity contribution in [3.05, 3.63) is 83.2 Å². The minimum atomic E-state index is -0.213. The number of rotatable bonds is 7. The normalized spacial score (nSPS) is 11.9. The molecule has 156 valence electrons. The molecule has 0 radical (unpaired) electrons. The van der Waals surface area contributed by atoms with Gasteiger partial charge in [-0.2, -0.15) is 0 Å². The third-order valence-corrected chi connectivity index (χ3v) is 5.00. The molecule has 3 rings (SSSR count). The first-order valence-corrected chi connectivity index (χ1v) is 10.1. The van der Waals surface area contributed by atoms with Crippen LogP contribution in [-0.2, 0) is 4.74 Å². The van der Waals surface area contributed by atoms with Crippen molar-refractivity contribution in [3.63, 3.8) is 0 Å². The summed E-state index contributed by atoms with van der Waals surface area (Å²) in [4.78, 5) is 17.2. The molecule has 0 bridgehead atoms. The van der Waals surface area contributed by atoms with Crippen molar-refractivity contribution in [1.82, 2.24) is 4.98 Å². The number of methoxy groups -OCH3 is 1. The molecular weight excluding hydrogens is 376 g/mol. The van der Waals surface area contributed by atoms with E-state index in [-0.39, 0.29) is 12.0 Å². The summed E-state index contributed by atoms with van der Waals surface area (Å²) in [5.41, 5.74) is 3.90. The van der Waals surface area contributed by atoms with Crippen molar-refractivity contribution in [2.75, 3.05) is 12.4 Å². The summed E-state index contributed by atoms with van der Waals surface area (Å²) < 4.78 is 11.2. The Balaban J connectivity index is 1.71. The average molecular weight is 405 g/mol. The zero-order chi connectivity index (χ0) is 21.7. The van der Waals surface area contributed by atoms with Gasteiger partial charge in [0.15, 0.2) is 0 Å². The zero-order valence-corrected chi connectivity index (χ0v) is 18.1. The summed E-state index contributed by atoms with van der Waals surface area (Å²) >= 11 is 0. The van der Waals surface area contributed by atoms with E-state index in [9.17, 15) is 4.79 Å². The third-order valence-electron chi connectivity index (χ3n) is 5.00. The van der Waals surface area contributed by atoms with E-state index in [1.54, 1.807) is 19.2 Å². The number of hydrogen-bond donors (Lipinski definition) is 1. The molecule has 2 aromatic carbocycles. The minimum Gasteiger partial charge on any atom is -0.457 e. The Morgan fingerprint density at radius 3 is 2.33 bits per heavy atom. The van der Waals surface area contributed by atoms with Crippen molar-refractivity contribution in [2.24, 2.45) is 0 Å². The first kappa shape index (κ1) is 21.5. The summed E-state index contributed by atoms with van der Waals surface area (Å²) in [5, 5.41) is 2.92. The highest BCUT2D eigenvalue weighted by molar-refractivity contribution is 6.05. The van der Waals surface area contributed by atoms with E-state index < -0.39 is 0 Å². The summed E-state index contributed by atoms with van der Waals surface area (Å²) in [5.74, 6) is 1.67. The highest BCUT2D eigenvalue weighted by Crippen LogP contribution is 2.26. The molecule has 5 heteroatoms. The van der Waals surface area contributed by atoms with Gasteiger partial charge in [0, 0.05) is 18.9 Å². The summed E-state index contributed by atoms with van der Waals surface area (Å²) in [6.45, 7) is 8.06. The molecule has 1 N–H and O–H groups in total. The molecule has 5 nitrogen and oxygen atoms in total. The number of benzene rings is 2. The van der Waals surface area contributed by atoms with Crippen LogP contribution >= 0.6 is 0 Å². The predicted molar refractivity (Wildman–Crippen MR) is 119 cm³/mol. The van der Waals surface area contributed by atoms with E-state index in [0.29, 0.717) is 28.6 Å². The lowest BCUT2D eigenvalue weighted by molar-refractivity contribution is 0.102. The van der Waals surface area contributed by atoms with E-state index in [0.717, 1.165) is 11.4 Å². The Kier molecular flexibility index (Phi) is 6.85. The van der Waals surface area contributed by atoms with E-state index in [2.05, 4.69) is 36.3 Å². The highest BCUT2D eigenvalue weighted by atomic mass is 16.5. The summed E-state index contributed by atoms with van der Waals surface area (Å²) in [6.07, 6.45) is -0.121. The van der Waals surface area contributed by atoms with Crippen LogP contribution < -0.4 is 10.1 Å². The van der Waals surface area contributed by atoms with Gasteiger partial charge in [-0.15, -0.1) is 0 Å². The second-order valence-corrected chi connectivity index (χ2v) is 7.55. The Hall–Kier alpha value is -3.18. The quantitative estimate of drug-likeness (QED) is 0.504. The SMILES string of the molecule is COC(C)c1ccc(C(=O)Nc2cccc(Oc3ccc(C(C)C)cc3)c2)c(C)n1. The molecule has 0 aliphatic carbocycles. The van der Waals surface area contributed by atoms with Gasteiger partial charge < -0.3 is 14.8 Å². The van der Waals surface area contributed by atoms with Gasteiger partial charge in [0.2, 0.25) is 0 Å². The number of aryl methyl sites for hydroxylation is 1. The van der Waals surface area contributed by atoms with Gasteiger partial charge in [0.25, 0.3) is 5.91 Å². The number of hydrogen-bond acceptors (Lipinski definition) is 4. The maximum atomic E-state index is 12.7. The topological polar surface area (TPSA) is 60.5 Å². The molecular formula is C25H28N2O3. The van der Waals surface area contributed by atoms with Gasteiger partial charge in [-0.25, -0.2) is 0 Å². The molecule has 1 atom stereocenters. The van der Waals surface area contributed by atoms with E-state index in [4.69, 9.17) is 9.47 Å². The van der Waals surface area contributed by atoms with Crippen molar-refractivity contribution < 1.29 is 14.3 Å². The Labute approximate surface area is 178 Å². The lowest BCUT2D eigenvalue weighted by atomic mass is 10.0. The molecule has 0 fully saturated rings. The first-order valence-electron chi connectivity index (χ1n) is 10.1. The van der Waals surface area contributed by atoms with Gasteiger partial charge in [0.05, 0.1) is 23.1 Å². The number of aromatic nitrogens is 1.